The first-order valence-electron chi connectivity index (χ1n) is 5.22. The molecule has 0 bridgehead atoms. The zero-order valence-electron chi connectivity index (χ0n) is 9.70. The third-order valence-electron chi connectivity index (χ3n) is 2.36. The molecule has 0 aliphatic carbocycles. The minimum Gasteiger partial charge on any atom is -0.278 e. The molecular formula is C12H7BrClF2NO2S. The van der Waals surface area contributed by atoms with E-state index in [0.717, 1.165) is 12.1 Å². The van der Waals surface area contributed by atoms with Gasteiger partial charge in [-0.3, -0.25) is 4.72 Å². The topological polar surface area (TPSA) is 46.2 Å². The van der Waals surface area contributed by atoms with Crippen molar-refractivity contribution in [2.75, 3.05) is 4.72 Å². The van der Waals surface area contributed by atoms with Crippen LogP contribution < -0.4 is 4.72 Å². The van der Waals surface area contributed by atoms with E-state index in [1.54, 1.807) is 6.07 Å². The molecule has 0 heterocycles. The molecule has 0 saturated carbocycles. The Kier molecular flexibility index (Phi) is 4.31. The molecule has 3 nitrogen and oxygen atoms in total. The molecule has 2 aromatic carbocycles. The number of hydrogen-bond donors (Lipinski definition) is 1. The van der Waals surface area contributed by atoms with Crippen molar-refractivity contribution < 1.29 is 17.2 Å². The van der Waals surface area contributed by atoms with Crippen LogP contribution in [-0.4, -0.2) is 8.42 Å². The molecule has 2 rings (SSSR count). The Morgan fingerprint density at radius 2 is 1.80 bits per heavy atom. The summed E-state index contributed by atoms with van der Waals surface area (Å²) in [5.74, 6) is -1.91. The summed E-state index contributed by atoms with van der Waals surface area (Å²) in [5, 5.41) is 0.133. The van der Waals surface area contributed by atoms with Gasteiger partial charge in [0.25, 0.3) is 10.0 Å². The van der Waals surface area contributed by atoms with Gasteiger partial charge in [-0.15, -0.1) is 0 Å². The summed E-state index contributed by atoms with van der Waals surface area (Å²) in [5.41, 5.74) is 0.0599. The zero-order valence-corrected chi connectivity index (χ0v) is 12.9. The highest BCUT2D eigenvalue weighted by atomic mass is 79.9. The van der Waals surface area contributed by atoms with Gasteiger partial charge >= 0.3 is 0 Å². The lowest BCUT2D eigenvalue weighted by molar-refractivity contribution is 0.555. The maximum Gasteiger partial charge on any atom is 0.264 e. The number of hydrogen-bond acceptors (Lipinski definition) is 2. The number of nitrogens with one attached hydrogen (secondary N) is 1. The van der Waals surface area contributed by atoms with Crippen molar-refractivity contribution in [3.8, 4) is 0 Å². The Morgan fingerprint density at radius 3 is 2.50 bits per heavy atom. The van der Waals surface area contributed by atoms with Gasteiger partial charge in [-0.25, -0.2) is 17.2 Å². The van der Waals surface area contributed by atoms with E-state index in [-0.39, 0.29) is 10.7 Å². The molecule has 1 N–H and O–H groups in total. The lowest BCUT2D eigenvalue weighted by atomic mass is 10.3. The van der Waals surface area contributed by atoms with Gasteiger partial charge < -0.3 is 0 Å². The predicted molar refractivity (Wildman–Crippen MR) is 76.3 cm³/mol. The first-order chi connectivity index (χ1) is 9.29. The summed E-state index contributed by atoms with van der Waals surface area (Å²) in [7, 11) is -4.28. The van der Waals surface area contributed by atoms with Gasteiger partial charge in [0.05, 0.1) is 10.7 Å². The Balaban J connectivity index is 2.46. The smallest absolute Gasteiger partial charge is 0.264 e. The first-order valence-corrected chi connectivity index (χ1v) is 7.88. The molecule has 106 valence electrons. The highest BCUT2D eigenvalue weighted by molar-refractivity contribution is 9.10. The van der Waals surface area contributed by atoms with Crippen LogP contribution in [0.1, 0.15) is 0 Å². The van der Waals surface area contributed by atoms with Gasteiger partial charge in [-0.05, 0) is 36.4 Å². The second-order valence-electron chi connectivity index (χ2n) is 3.80. The molecule has 0 unspecified atom stereocenters. The Morgan fingerprint density at radius 1 is 1.10 bits per heavy atom. The molecule has 0 radical (unpaired) electrons. The van der Waals surface area contributed by atoms with Crippen LogP contribution in [0.25, 0.3) is 0 Å². The lowest BCUT2D eigenvalue weighted by Gasteiger charge is -2.10. The van der Waals surface area contributed by atoms with Crippen molar-refractivity contribution in [3.05, 3.63) is 57.5 Å². The molecule has 2 aromatic rings. The van der Waals surface area contributed by atoms with Crippen LogP contribution in [0.3, 0.4) is 0 Å². The molecule has 8 heteroatoms. The summed E-state index contributed by atoms with van der Waals surface area (Å²) in [4.78, 5) is -0.784. The van der Waals surface area contributed by atoms with E-state index >= 15 is 0 Å². The van der Waals surface area contributed by atoms with Crippen LogP contribution in [0.4, 0.5) is 14.5 Å². The van der Waals surface area contributed by atoms with E-state index in [9.17, 15) is 17.2 Å². The maximum atomic E-state index is 13.5. The molecular weight excluding hydrogens is 376 g/mol. The van der Waals surface area contributed by atoms with E-state index in [1.165, 1.54) is 12.1 Å². The standard InChI is InChI=1S/C12H7BrClF2NO2S/c13-7-1-3-9(14)11(5-7)17-20(18,19)12-6-8(15)2-4-10(12)16/h1-6,17H. The van der Waals surface area contributed by atoms with Gasteiger partial charge in [0.1, 0.15) is 16.5 Å². The average molecular weight is 383 g/mol. The van der Waals surface area contributed by atoms with Crippen LogP contribution in [0.5, 0.6) is 0 Å². The molecule has 0 atom stereocenters. The van der Waals surface area contributed by atoms with Gasteiger partial charge in [0.2, 0.25) is 0 Å². The number of sulfonamides is 1. The Bertz CT molecular complexity index is 768. The predicted octanol–water partition coefficient (Wildman–Crippen LogP) is 4.18. The van der Waals surface area contributed by atoms with Gasteiger partial charge in [0, 0.05) is 4.47 Å². The van der Waals surface area contributed by atoms with Crippen molar-refractivity contribution in [1.82, 2.24) is 0 Å². The normalized spacial score (nSPS) is 11.4. The molecule has 0 amide bonds. The highest BCUT2D eigenvalue weighted by Gasteiger charge is 2.21. The van der Waals surface area contributed by atoms with Gasteiger partial charge in [0.15, 0.2) is 0 Å². The van der Waals surface area contributed by atoms with Crippen molar-refractivity contribution in [3.63, 3.8) is 0 Å². The molecule has 0 fully saturated rings. The SMILES string of the molecule is O=S(=O)(Nc1cc(Br)ccc1Cl)c1cc(F)ccc1F. The monoisotopic (exact) mass is 381 g/mol. The van der Waals surface area contributed by atoms with Crippen LogP contribution >= 0.6 is 27.5 Å². The van der Waals surface area contributed by atoms with Crippen LogP contribution in [0.15, 0.2) is 45.8 Å². The number of anilines is 1. The van der Waals surface area contributed by atoms with E-state index in [2.05, 4.69) is 20.7 Å². The van der Waals surface area contributed by atoms with E-state index in [0.29, 0.717) is 10.5 Å². The van der Waals surface area contributed by atoms with E-state index in [4.69, 9.17) is 11.6 Å². The van der Waals surface area contributed by atoms with Crippen molar-refractivity contribution in [2.24, 2.45) is 0 Å². The first kappa shape index (κ1) is 15.2. The maximum absolute atomic E-state index is 13.5. The number of benzene rings is 2. The third-order valence-corrected chi connectivity index (χ3v) is 4.56. The third kappa shape index (κ3) is 3.28. The van der Waals surface area contributed by atoms with Gasteiger partial charge in [-0.2, -0.15) is 0 Å². The molecule has 20 heavy (non-hydrogen) atoms. The largest absolute Gasteiger partial charge is 0.278 e. The van der Waals surface area contributed by atoms with Crippen molar-refractivity contribution >= 4 is 43.2 Å². The average Bonchev–Trinajstić information content (AvgIpc) is 2.36. The molecule has 0 spiro atoms. The Hall–Kier alpha value is -1.18. The number of rotatable bonds is 3. The van der Waals surface area contributed by atoms with Crippen molar-refractivity contribution in [2.45, 2.75) is 4.90 Å². The fraction of sp³-hybridized carbons (Fsp3) is 0. The fourth-order valence-corrected chi connectivity index (χ4v) is 3.20. The fourth-order valence-electron chi connectivity index (χ4n) is 1.46. The zero-order chi connectivity index (χ0) is 14.9. The molecule has 0 aliphatic rings. The highest BCUT2D eigenvalue weighted by Crippen LogP contribution is 2.28. The second-order valence-corrected chi connectivity index (χ2v) is 6.78. The summed E-state index contributed by atoms with van der Waals surface area (Å²) < 4.78 is 53.4. The number of halogens is 4. The van der Waals surface area contributed by atoms with Gasteiger partial charge in [-0.1, -0.05) is 27.5 Å². The summed E-state index contributed by atoms with van der Waals surface area (Å²) in [6.45, 7) is 0. The quantitative estimate of drug-likeness (QED) is 0.865. The molecule has 0 aromatic heterocycles. The molecule has 0 saturated heterocycles. The lowest BCUT2D eigenvalue weighted by Crippen LogP contribution is -2.15. The Labute approximate surface area is 127 Å². The minimum absolute atomic E-state index is 0.0599. The summed E-state index contributed by atoms with van der Waals surface area (Å²) in [6, 6.07) is 6.67. The minimum atomic E-state index is -4.28. The van der Waals surface area contributed by atoms with Crippen LogP contribution in [0, 0.1) is 11.6 Å². The second kappa shape index (κ2) is 5.67. The van der Waals surface area contributed by atoms with Crippen LogP contribution in [0.2, 0.25) is 5.02 Å². The van der Waals surface area contributed by atoms with E-state index < -0.39 is 26.6 Å². The van der Waals surface area contributed by atoms with Crippen molar-refractivity contribution in [1.29, 1.82) is 0 Å². The summed E-state index contributed by atoms with van der Waals surface area (Å²) in [6.07, 6.45) is 0. The van der Waals surface area contributed by atoms with Crippen LogP contribution in [-0.2, 0) is 10.0 Å². The summed E-state index contributed by atoms with van der Waals surface area (Å²) >= 11 is 9.00. The molecule has 0 aliphatic heterocycles. The van der Waals surface area contributed by atoms with E-state index in [1.807, 2.05) is 0 Å².